The average Bonchev–Trinajstić information content (AvgIpc) is 3.05. The number of carbonyl (C=O) groups is 2. The second-order valence-corrected chi connectivity index (χ2v) is 6.59. The number of hydrogen-bond acceptors (Lipinski definition) is 5. The molecule has 28 heavy (non-hydrogen) atoms. The van der Waals surface area contributed by atoms with E-state index in [1.54, 1.807) is 29.8 Å². The van der Waals surface area contributed by atoms with Crippen LogP contribution < -0.4 is 10.9 Å². The van der Waals surface area contributed by atoms with E-state index in [-0.39, 0.29) is 11.3 Å². The Morgan fingerprint density at radius 3 is 2.46 bits per heavy atom. The van der Waals surface area contributed by atoms with Crippen LogP contribution in [0.3, 0.4) is 0 Å². The van der Waals surface area contributed by atoms with Gasteiger partial charge in [0.2, 0.25) is 5.91 Å². The van der Waals surface area contributed by atoms with E-state index in [2.05, 4.69) is 21.0 Å². The molecule has 0 aliphatic carbocycles. The van der Waals surface area contributed by atoms with Gasteiger partial charge in [-0.3, -0.25) is 20.4 Å². The van der Waals surface area contributed by atoms with E-state index in [0.717, 1.165) is 23.9 Å². The van der Waals surface area contributed by atoms with Crippen molar-refractivity contribution in [2.24, 2.45) is 7.05 Å². The highest BCUT2D eigenvalue weighted by Gasteiger charge is 2.15. The van der Waals surface area contributed by atoms with Gasteiger partial charge in [0.05, 0.1) is 11.3 Å². The van der Waals surface area contributed by atoms with E-state index in [4.69, 9.17) is 0 Å². The molecule has 10 heteroatoms. The molecule has 2 N–H and O–H groups in total. The fourth-order valence-corrected chi connectivity index (χ4v) is 2.99. The van der Waals surface area contributed by atoms with Crippen LogP contribution in [0, 0.1) is 11.6 Å². The maximum Gasteiger partial charge on any atom is 0.269 e. The molecule has 0 fully saturated rings. The van der Waals surface area contributed by atoms with E-state index in [9.17, 15) is 18.4 Å². The first-order valence-electron chi connectivity index (χ1n) is 8.07. The summed E-state index contributed by atoms with van der Waals surface area (Å²) in [5, 5.41) is 8.34. The van der Waals surface area contributed by atoms with Crippen molar-refractivity contribution in [2.45, 2.75) is 5.16 Å². The van der Waals surface area contributed by atoms with Crippen LogP contribution in [0.1, 0.15) is 10.4 Å². The van der Waals surface area contributed by atoms with E-state index in [1.807, 2.05) is 0 Å². The summed E-state index contributed by atoms with van der Waals surface area (Å²) in [5.74, 6) is -1.64. The number of hydrazine groups is 1. The third-order valence-electron chi connectivity index (χ3n) is 3.70. The van der Waals surface area contributed by atoms with Crippen molar-refractivity contribution < 1.29 is 18.4 Å². The van der Waals surface area contributed by atoms with Crippen molar-refractivity contribution in [2.75, 3.05) is 5.75 Å². The molecule has 0 spiro atoms. The Kier molecular flexibility index (Phi) is 5.99. The Hall–Kier alpha value is -3.27. The lowest BCUT2D eigenvalue weighted by Gasteiger charge is -2.07. The molecule has 0 atom stereocenters. The summed E-state index contributed by atoms with van der Waals surface area (Å²) in [6.45, 7) is 0. The third kappa shape index (κ3) is 4.52. The molecule has 0 bridgehead atoms. The van der Waals surface area contributed by atoms with Crippen LogP contribution in [-0.4, -0.2) is 32.3 Å². The number of nitrogens with one attached hydrogen (secondary N) is 2. The monoisotopic (exact) mass is 403 g/mol. The molecule has 0 saturated heterocycles. The van der Waals surface area contributed by atoms with Crippen LogP contribution >= 0.6 is 11.8 Å². The summed E-state index contributed by atoms with van der Waals surface area (Å²) in [4.78, 5) is 23.8. The van der Waals surface area contributed by atoms with Gasteiger partial charge in [0, 0.05) is 12.6 Å². The van der Waals surface area contributed by atoms with Crippen LogP contribution in [-0.2, 0) is 11.8 Å². The van der Waals surface area contributed by atoms with Gasteiger partial charge in [-0.1, -0.05) is 23.9 Å². The normalized spacial score (nSPS) is 10.5. The van der Waals surface area contributed by atoms with Crippen molar-refractivity contribution in [3.05, 3.63) is 65.7 Å². The zero-order chi connectivity index (χ0) is 20.1. The summed E-state index contributed by atoms with van der Waals surface area (Å²) >= 11 is 1.08. The topological polar surface area (TPSA) is 88.9 Å². The molecule has 1 heterocycles. The molecule has 0 aliphatic rings. The van der Waals surface area contributed by atoms with Gasteiger partial charge >= 0.3 is 0 Å². The number of amides is 2. The number of benzene rings is 2. The van der Waals surface area contributed by atoms with Gasteiger partial charge in [0.1, 0.15) is 11.6 Å². The lowest BCUT2D eigenvalue weighted by molar-refractivity contribution is -0.119. The van der Waals surface area contributed by atoms with Gasteiger partial charge < -0.3 is 4.57 Å². The van der Waals surface area contributed by atoms with Crippen LogP contribution in [0.5, 0.6) is 0 Å². The lowest BCUT2D eigenvalue weighted by Crippen LogP contribution is -2.42. The maximum absolute atomic E-state index is 13.9. The van der Waals surface area contributed by atoms with E-state index in [0.29, 0.717) is 16.5 Å². The summed E-state index contributed by atoms with van der Waals surface area (Å²) in [6.07, 6.45) is 0. The fraction of sp³-hybridized carbons (Fsp3) is 0.111. The smallest absolute Gasteiger partial charge is 0.269 e. The largest absolute Gasteiger partial charge is 0.305 e. The van der Waals surface area contributed by atoms with Gasteiger partial charge in [-0.15, -0.1) is 10.2 Å². The Balaban J connectivity index is 1.54. The predicted octanol–water partition coefficient (Wildman–Crippen LogP) is 2.31. The highest BCUT2D eigenvalue weighted by atomic mass is 32.2. The van der Waals surface area contributed by atoms with Gasteiger partial charge in [-0.2, -0.15) is 0 Å². The van der Waals surface area contributed by atoms with Crippen LogP contribution in [0.25, 0.3) is 11.4 Å². The van der Waals surface area contributed by atoms with Crippen molar-refractivity contribution >= 4 is 23.6 Å². The highest BCUT2D eigenvalue weighted by Crippen LogP contribution is 2.24. The molecule has 144 valence electrons. The SMILES string of the molecule is Cn1c(SCC(=O)NNC(=O)c2ccc(F)cc2)nnc1-c1ccccc1F. The molecule has 2 aromatic carbocycles. The Labute approximate surface area is 163 Å². The minimum atomic E-state index is -0.571. The molecular formula is C18H15F2N5O2S. The van der Waals surface area contributed by atoms with Crippen LogP contribution in [0.15, 0.2) is 53.7 Å². The van der Waals surface area contributed by atoms with Crippen LogP contribution in [0.2, 0.25) is 0 Å². The number of aromatic nitrogens is 3. The Bertz CT molecular complexity index is 1010. The molecule has 3 aromatic rings. The van der Waals surface area contributed by atoms with Crippen molar-refractivity contribution in [1.29, 1.82) is 0 Å². The molecule has 2 amide bonds. The van der Waals surface area contributed by atoms with Crippen molar-refractivity contribution in [3.63, 3.8) is 0 Å². The molecule has 1 aromatic heterocycles. The third-order valence-corrected chi connectivity index (χ3v) is 4.72. The minimum Gasteiger partial charge on any atom is -0.305 e. The molecule has 0 saturated carbocycles. The Morgan fingerprint density at radius 2 is 1.75 bits per heavy atom. The van der Waals surface area contributed by atoms with E-state index < -0.39 is 23.4 Å². The fourth-order valence-electron chi connectivity index (χ4n) is 2.28. The van der Waals surface area contributed by atoms with Gasteiger partial charge in [0.15, 0.2) is 11.0 Å². The quantitative estimate of drug-likeness (QED) is 0.504. The summed E-state index contributed by atoms with van der Waals surface area (Å²) in [5.41, 5.74) is 5.01. The second kappa shape index (κ2) is 8.61. The van der Waals surface area contributed by atoms with Gasteiger partial charge in [0.25, 0.3) is 5.91 Å². The molecule has 0 unspecified atom stereocenters. The van der Waals surface area contributed by atoms with Crippen LogP contribution in [0.4, 0.5) is 8.78 Å². The molecule has 0 radical (unpaired) electrons. The van der Waals surface area contributed by atoms with Crippen molar-refractivity contribution in [1.82, 2.24) is 25.6 Å². The first kappa shape index (κ1) is 19.5. The second-order valence-electron chi connectivity index (χ2n) is 5.64. The molecule has 7 nitrogen and oxygen atoms in total. The number of nitrogens with zero attached hydrogens (tertiary/aromatic N) is 3. The first-order valence-corrected chi connectivity index (χ1v) is 9.06. The summed E-state index contributed by atoms with van der Waals surface area (Å²) in [7, 11) is 1.67. The standard InChI is InChI=1S/C18H15F2N5O2S/c1-25-16(13-4-2-3-5-14(13)20)22-24-18(25)28-10-15(26)21-23-17(27)11-6-8-12(19)9-7-11/h2-9H,10H2,1H3,(H,21,26)(H,23,27). The van der Waals surface area contributed by atoms with E-state index in [1.165, 1.54) is 18.2 Å². The summed E-state index contributed by atoms with van der Waals surface area (Å²) in [6, 6.07) is 11.1. The number of hydrogen-bond donors (Lipinski definition) is 2. The molecular weight excluding hydrogens is 388 g/mol. The van der Waals surface area contributed by atoms with E-state index >= 15 is 0 Å². The van der Waals surface area contributed by atoms with Gasteiger partial charge in [-0.25, -0.2) is 8.78 Å². The maximum atomic E-state index is 13.9. The first-order chi connectivity index (χ1) is 13.5. The van der Waals surface area contributed by atoms with Crippen molar-refractivity contribution in [3.8, 4) is 11.4 Å². The predicted molar refractivity (Wildman–Crippen MR) is 99.1 cm³/mol. The summed E-state index contributed by atoms with van der Waals surface area (Å²) < 4.78 is 28.3. The number of halogens is 2. The zero-order valence-corrected chi connectivity index (χ0v) is 15.5. The van der Waals surface area contributed by atoms with Gasteiger partial charge in [-0.05, 0) is 36.4 Å². The molecule has 0 aliphatic heterocycles. The Morgan fingerprint density at radius 1 is 1.04 bits per heavy atom. The zero-order valence-electron chi connectivity index (χ0n) is 14.6. The minimum absolute atomic E-state index is 0.0487. The average molecular weight is 403 g/mol. The molecule has 3 rings (SSSR count). The number of rotatable bonds is 5. The number of thioether (sulfide) groups is 1. The lowest BCUT2D eigenvalue weighted by atomic mass is 10.2. The number of carbonyl (C=O) groups excluding carboxylic acids is 2. The highest BCUT2D eigenvalue weighted by molar-refractivity contribution is 7.99.